The van der Waals surface area contributed by atoms with E-state index in [-0.39, 0.29) is 5.69 Å². The molecule has 2 aromatic rings. The molecule has 5 heteroatoms. The van der Waals surface area contributed by atoms with Gasteiger partial charge in [0, 0.05) is 23.9 Å². The standard InChI is InChI=1S/C14H17F2N3/c1-4-17-8-12-9(2)18-19(10(12)3)14-7-11(15)5-6-13(14)16/h5-7,17H,4,8H2,1-3H3. The number of aromatic nitrogens is 2. The van der Waals surface area contributed by atoms with E-state index in [1.165, 1.54) is 4.68 Å². The van der Waals surface area contributed by atoms with Gasteiger partial charge in [-0.2, -0.15) is 5.10 Å². The highest BCUT2D eigenvalue weighted by molar-refractivity contribution is 5.38. The van der Waals surface area contributed by atoms with Gasteiger partial charge in [0.2, 0.25) is 0 Å². The molecule has 0 bridgehead atoms. The zero-order chi connectivity index (χ0) is 14.0. The van der Waals surface area contributed by atoms with Gasteiger partial charge in [0.05, 0.1) is 5.69 Å². The molecule has 1 aromatic carbocycles. The Balaban J connectivity index is 2.48. The van der Waals surface area contributed by atoms with Crippen LogP contribution in [0.1, 0.15) is 23.9 Å². The normalized spacial score (nSPS) is 11.0. The summed E-state index contributed by atoms with van der Waals surface area (Å²) in [5, 5.41) is 7.52. The van der Waals surface area contributed by atoms with Crippen LogP contribution in [0.5, 0.6) is 0 Å². The first-order valence-corrected chi connectivity index (χ1v) is 6.25. The molecule has 0 radical (unpaired) electrons. The average Bonchev–Trinajstić information content (AvgIpc) is 2.66. The van der Waals surface area contributed by atoms with Crippen LogP contribution in [0.15, 0.2) is 18.2 Å². The number of nitrogens with one attached hydrogen (secondary N) is 1. The minimum atomic E-state index is -0.484. The maximum absolute atomic E-state index is 13.8. The zero-order valence-corrected chi connectivity index (χ0v) is 11.3. The third-order valence-electron chi connectivity index (χ3n) is 3.13. The van der Waals surface area contributed by atoms with Crippen molar-refractivity contribution < 1.29 is 8.78 Å². The molecule has 1 heterocycles. The fourth-order valence-corrected chi connectivity index (χ4v) is 2.06. The van der Waals surface area contributed by atoms with Gasteiger partial charge in [0.1, 0.15) is 17.3 Å². The van der Waals surface area contributed by atoms with Gasteiger partial charge in [-0.1, -0.05) is 6.92 Å². The van der Waals surface area contributed by atoms with Crippen LogP contribution in [-0.2, 0) is 6.54 Å². The Bertz CT molecular complexity index is 591. The second-order valence-corrected chi connectivity index (χ2v) is 4.44. The fourth-order valence-electron chi connectivity index (χ4n) is 2.06. The number of rotatable bonds is 4. The predicted octanol–water partition coefficient (Wildman–Crippen LogP) is 2.88. The lowest BCUT2D eigenvalue weighted by Gasteiger charge is -2.07. The van der Waals surface area contributed by atoms with Crippen molar-refractivity contribution >= 4 is 0 Å². The van der Waals surface area contributed by atoms with Gasteiger partial charge in [0.25, 0.3) is 0 Å². The van der Waals surface area contributed by atoms with Crippen LogP contribution in [0.3, 0.4) is 0 Å². The summed E-state index contributed by atoms with van der Waals surface area (Å²) in [6.45, 7) is 7.26. The van der Waals surface area contributed by atoms with Crippen molar-refractivity contribution in [3.63, 3.8) is 0 Å². The van der Waals surface area contributed by atoms with E-state index < -0.39 is 11.6 Å². The van der Waals surface area contributed by atoms with Crippen molar-refractivity contribution in [1.82, 2.24) is 15.1 Å². The Kier molecular flexibility index (Phi) is 3.95. The molecule has 0 spiro atoms. The Hall–Kier alpha value is -1.75. The van der Waals surface area contributed by atoms with Crippen molar-refractivity contribution in [3.05, 3.63) is 46.8 Å². The van der Waals surface area contributed by atoms with E-state index in [1.807, 2.05) is 20.8 Å². The van der Waals surface area contributed by atoms with Gasteiger partial charge in [0.15, 0.2) is 0 Å². The van der Waals surface area contributed by atoms with Crippen molar-refractivity contribution in [3.8, 4) is 5.69 Å². The molecule has 102 valence electrons. The van der Waals surface area contributed by atoms with E-state index in [1.54, 1.807) is 0 Å². The third-order valence-corrected chi connectivity index (χ3v) is 3.13. The van der Waals surface area contributed by atoms with Gasteiger partial charge in [-0.3, -0.25) is 0 Å². The topological polar surface area (TPSA) is 29.9 Å². The number of halogens is 2. The summed E-state index contributed by atoms with van der Waals surface area (Å²) in [5.41, 5.74) is 2.80. The molecule has 1 N–H and O–H groups in total. The lowest BCUT2D eigenvalue weighted by atomic mass is 10.2. The second kappa shape index (κ2) is 5.48. The van der Waals surface area contributed by atoms with Crippen LogP contribution in [0, 0.1) is 25.5 Å². The molecule has 0 saturated carbocycles. The van der Waals surface area contributed by atoms with E-state index in [0.717, 1.165) is 41.7 Å². The molecule has 0 atom stereocenters. The number of nitrogens with zero attached hydrogens (tertiary/aromatic N) is 2. The quantitative estimate of drug-likeness (QED) is 0.921. The van der Waals surface area contributed by atoms with Crippen molar-refractivity contribution in [2.24, 2.45) is 0 Å². The van der Waals surface area contributed by atoms with Crippen molar-refractivity contribution in [2.75, 3.05) is 6.54 Å². The lowest BCUT2D eigenvalue weighted by molar-refractivity contribution is 0.584. The molecule has 0 saturated heterocycles. The van der Waals surface area contributed by atoms with Gasteiger partial charge < -0.3 is 5.32 Å². The molecule has 19 heavy (non-hydrogen) atoms. The highest BCUT2D eigenvalue weighted by Gasteiger charge is 2.15. The highest BCUT2D eigenvalue weighted by Crippen LogP contribution is 2.20. The Labute approximate surface area is 111 Å². The largest absolute Gasteiger partial charge is 0.313 e. The van der Waals surface area contributed by atoms with Crippen LogP contribution >= 0.6 is 0 Å². The first kappa shape index (κ1) is 13.7. The van der Waals surface area contributed by atoms with Crippen molar-refractivity contribution in [2.45, 2.75) is 27.3 Å². The van der Waals surface area contributed by atoms with E-state index in [2.05, 4.69) is 10.4 Å². The molecule has 3 nitrogen and oxygen atoms in total. The van der Waals surface area contributed by atoms with Crippen LogP contribution in [0.25, 0.3) is 5.69 Å². The molecule has 1 aromatic heterocycles. The Morgan fingerprint density at radius 3 is 2.68 bits per heavy atom. The van der Waals surface area contributed by atoms with Crippen LogP contribution in [0.2, 0.25) is 0 Å². The minimum Gasteiger partial charge on any atom is -0.313 e. The third kappa shape index (κ3) is 2.66. The molecule has 0 fully saturated rings. The molecule has 0 unspecified atom stereocenters. The summed E-state index contributed by atoms with van der Waals surface area (Å²) in [6, 6.07) is 3.38. The highest BCUT2D eigenvalue weighted by atomic mass is 19.1. The lowest BCUT2D eigenvalue weighted by Crippen LogP contribution is -2.13. The molecule has 2 rings (SSSR count). The summed E-state index contributed by atoms with van der Waals surface area (Å²) < 4.78 is 28.5. The van der Waals surface area contributed by atoms with E-state index in [0.29, 0.717) is 6.54 Å². The number of aryl methyl sites for hydroxylation is 1. The number of hydrogen-bond acceptors (Lipinski definition) is 2. The average molecular weight is 265 g/mol. The minimum absolute atomic E-state index is 0.142. The smallest absolute Gasteiger partial charge is 0.149 e. The molecular formula is C14H17F2N3. The van der Waals surface area contributed by atoms with Gasteiger partial charge in [-0.05, 0) is 32.5 Å². The Morgan fingerprint density at radius 1 is 1.26 bits per heavy atom. The maximum Gasteiger partial charge on any atom is 0.149 e. The summed E-state index contributed by atoms with van der Waals surface area (Å²) in [6.07, 6.45) is 0. The van der Waals surface area contributed by atoms with Crippen molar-refractivity contribution in [1.29, 1.82) is 0 Å². The molecule has 0 aliphatic rings. The van der Waals surface area contributed by atoms with Gasteiger partial charge in [-0.15, -0.1) is 0 Å². The van der Waals surface area contributed by atoms with Crippen LogP contribution < -0.4 is 5.32 Å². The first-order chi connectivity index (χ1) is 9.04. The summed E-state index contributed by atoms with van der Waals surface area (Å²) in [4.78, 5) is 0. The molecule has 0 aliphatic heterocycles. The first-order valence-electron chi connectivity index (χ1n) is 6.25. The van der Waals surface area contributed by atoms with Gasteiger partial charge >= 0.3 is 0 Å². The molecule has 0 amide bonds. The van der Waals surface area contributed by atoms with E-state index in [4.69, 9.17) is 0 Å². The number of hydrogen-bond donors (Lipinski definition) is 1. The van der Waals surface area contributed by atoms with E-state index >= 15 is 0 Å². The summed E-state index contributed by atoms with van der Waals surface area (Å²) in [7, 11) is 0. The SMILES string of the molecule is CCNCc1c(C)nn(-c2cc(F)ccc2F)c1C. The molecular weight excluding hydrogens is 248 g/mol. The maximum atomic E-state index is 13.8. The second-order valence-electron chi connectivity index (χ2n) is 4.44. The zero-order valence-electron chi connectivity index (χ0n) is 11.3. The number of benzene rings is 1. The Morgan fingerprint density at radius 2 is 2.00 bits per heavy atom. The summed E-state index contributed by atoms with van der Waals surface area (Å²) >= 11 is 0. The monoisotopic (exact) mass is 265 g/mol. The van der Waals surface area contributed by atoms with Gasteiger partial charge in [-0.25, -0.2) is 13.5 Å². The van der Waals surface area contributed by atoms with Crippen LogP contribution in [-0.4, -0.2) is 16.3 Å². The van der Waals surface area contributed by atoms with Crippen LogP contribution in [0.4, 0.5) is 8.78 Å². The fraction of sp³-hybridized carbons (Fsp3) is 0.357. The van der Waals surface area contributed by atoms with E-state index in [9.17, 15) is 8.78 Å². The molecule has 0 aliphatic carbocycles. The predicted molar refractivity (Wildman–Crippen MR) is 70.3 cm³/mol. The summed E-state index contributed by atoms with van der Waals surface area (Å²) in [5.74, 6) is -0.959.